The number of fused-ring (bicyclic) bond motifs is 1. The Hall–Kier alpha value is -1.78. The molecule has 1 unspecified atom stereocenters. The summed E-state index contributed by atoms with van der Waals surface area (Å²) < 4.78 is 0. The van der Waals surface area contributed by atoms with E-state index in [4.69, 9.17) is 23.2 Å². The molecule has 0 fully saturated rings. The Kier molecular flexibility index (Phi) is 5.21. The predicted molar refractivity (Wildman–Crippen MR) is 103 cm³/mol. The summed E-state index contributed by atoms with van der Waals surface area (Å²) in [5, 5.41) is 20.0. The summed E-state index contributed by atoms with van der Waals surface area (Å²) in [4.78, 5) is 1.41. The summed E-state index contributed by atoms with van der Waals surface area (Å²) >= 11 is 12.2. The molecule has 0 bridgehead atoms. The number of halogens is 2. The highest BCUT2D eigenvalue weighted by Gasteiger charge is 2.14. The van der Waals surface area contributed by atoms with Gasteiger partial charge in [0.25, 0.3) is 0 Å². The third-order valence-electron chi connectivity index (χ3n) is 4.69. The quantitative estimate of drug-likeness (QED) is 0.623. The fourth-order valence-electron chi connectivity index (χ4n) is 2.67. The molecule has 1 N–H and O–H groups in total. The maximum atomic E-state index is 10.2. The van der Waals surface area contributed by atoms with Gasteiger partial charge in [-0.3, -0.25) is 0 Å². The van der Waals surface area contributed by atoms with Crippen LogP contribution in [0.2, 0.25) is 10.0 Å². The minimum absolute atomic E-state index is 0.128. The SMILES string of the molecule is CC(C)C(C)CCc1ccc(O)c(-n2nc3cc(Cl)cc(Cl)c3n2)c1. The average Bonchev–Trinajstić information content (AvgIpc) is 2.97. The lowest BCUT2D eigenvalue weighted by Crippen LogP contribution is -2.06. The van der Waals surface area contributed by atoms with Crippen LogP contribution < -0.4 is 0 Å². The number of hydrogen-bond donors (Lipinski definition) is 1. The highest BCUT2D eigenvalue weighted by atomic mass is 35.5. The van der Waals surface area contributed by atoms with E-state index in [1.165, 1.54) is 4.80 Å². The highest BCUT2D eigenvalue weighted by molar-refractivity contribution is 6.38. The van der Waals surface area contributed by atoms with Crippen LogP contribution in [0, 0.1) is 11.8 Å². The number of aromatic nitrogens is 3. The lowest BCUT2D eigenvalue weighted by atomic mass is 9.91. The van der Waals surface area contributed by atoms with Crippen molar-refractivity contribution in [3.8, 4) is 11.4 Å². The second-order valence-corrected chi connectivity index (χ2v) is 7.67. The maximum absolute atomic E-state index is 10.2. The third kappa shape index (κ3) is 3.91. The van der Waals surface area contributed by atoms with Gasteiger partial charge < -0.3 is 5.11 Å². The van der Waals surface area contributed by atoms with Crippen molar-refractivity contribution in [2.45, 2.75) is 33.6 Å². The van der Waals surface area contributed by atoms with Gasteiger partial charge in [0.2, 0.25) is 0 Å². The van der Waals surface area contributed by atoms with Gasteiger partial charge in [-0.15, -0.1) is 15.0 Å². The zero-order valence-electron chi connectivity index (χ0n) is 14.5. The molecule has 0 spiro atoms. The molecule has 132 valence electrons. The van der Waals surface area contributed by atoms with E-state index in [2.05, 4.69) is 31.0 Å². The molecule has 0 saturated carbocycles. The Morgan fingerprint density at radius 3 is 2.56 bits per heavy atom. The van der Waals surface area contributed by atoms with Gasteiger partial charge in [-0.2, -0.15) is 0 Å². The number of aryl methyl sites for hydroxylation is 1. The van der Waals surface area contributed by atoms with Crippen LogP contribution in [-0.4, -0.2) is 20.1 Å². The van der Waals surface area contributed by atoms with E-state index in [0.29, 0.717) is 38.6 Å². The van der Waals surface area contributed by atoms with Gasteiger partial charge in [0.05, 0.1) is 5.02 Å². The van der Waals surface area contributed by atoms with Crippen molar-refractivity contribution >= 4 is 34.2 Å². The van der Waals surface area contributed by atoms with Crippen LogP contribution in [0.4, 0.5) is 0 Å². The third-order valence-corrected chi connectivity index (χ3v) is 5.19. The molecule has 3 rings (SSSR count). The van der Waals surface area contributed by atoms with E-state index >= 15 is 0 Å². The molecule has 1 aromatic heterocycles. The molecule has 0 aliphatic rings. The topological polar surface area (TPSA) is 50.9 Å². The minimum Gasteiger partial charge on any atom is -0.506 e. The minimum atomic E-state index is 0.128. The zero-order chi connectivity index (χ0) is 18.1. The van der Waals surface area contributed by atoms with Gasteiger partial charge in [0.15, 0.2) is 0 Å². The molecule has 1 heterocycles. The predicted octanol–water partition coefficient (Wildman–Crippen LogP) is 5.66. The lowest BCUT2D eigenvalue weighted by Gasteiger charge is -2.15. The highest BCUT2D eigenvalue weighted by Crippen LogP contribution is 2.29. The summed E-state index contributed by atoms with van der Waals surface area (Å²) in [6, 6.07) is 8.90. The molecule has 3 aromatic rings. The number of benzene rings is 2. The number of phenolic OH excluding ortho intramolecular Hbond substituents is 1. The van der Waals surface area contributed by atoms with Crippen molar-refractivity contribution in [3.05, 3.63) is 45.9 Å². The zero-order valence-corrected chi connectivity index (χ0v) is 16.0. The molecule has 4 nitrogen and oxygen atoms in total. The van der Waals surface area contributed by atoms with Crippen LogP contribution in [0.3, 0.4) is 0 Å². The maximum Gasteiger partial charge on any atom is 0.143 e. The first-order valence-corrected chi connectivity index (χ1v) is 9.15. The van der Waals surface area contributed by atoms with Gasteiger partial charge in [0, 0.05) is 5.02 Å². The van der Waals surface area contributed by atoms with Crippen LogP contribution in [-0.2, 0) is 6.42 Å². The van der Waals surface area contributed by atoms with Crippen molar-refractivity contribution in [2.75, 3.05) is 0 Å². The fraction of sp³-hybridized carbons (Fsp3) is 0.368. The van der Waals surface area contributed by atoms with Gasteiger partial charge in [-0.1, -0.05) is 50.0 Å². The Morgan fingerprint density at radius 2 is 1.84 bits per heavy atom. The fourth-order valence-corrected chi connectivity index (χ4v) is 3.19. The number of aromatic hydroxyl groups is 1. The van der Waals surface area contributed by atoms with Crippen molar-refractivity contribution in [1.82, 2.24) is 15.0 Å². The molecular formula is C19H21Cl2N3O. The number of nitrogens with zero attached hydrogens (tertiary/aromatic N) is 3. The van der Waals surface area contributed by atoms with E-state index < -0.39 is 0 Å². The standard InChI is InChI=1S/C19H21Cl2N3O/c1-11(2)12(3)4-5-13-6-7-18(25)17(8-13)24-22-16-10-14(20)9-15(21)19(16)23-24/h6-12,25H,4-5H2,1-3H3. The second kappa shape index (κ2) is 7.22. The number of hydrogen-bond acceptors (Lipinski definition) is 3. The normalized spacial score (nSPS) is 12.9. The van der Waals surface area contributed by atoms with E-state index in [-0.39, 0.29) is 5.75 Å². The molecule has 0 amide bonds. The average molecular weight is 378 g/mol. The van der Waals surface area contributed by atoms with E-state index in [0.717, 1.165) is 18.4 Å². The molecule has 6 heteroatoms. The summed E-state index contributed by atoms with van der Waals surface area (Å²) in [5.74, 6) is 1.42. The van der Waals surface area contributed by atoms with Gasteiger partial charge in [0.1, 0.15) is 22.5 Å². The Labute approximate surface area is 157 Å². The summed E-state index contributed by atoms with van der Waals surface area (Å²) in [6.07, 6.45) is 2.04. The van der Waals surface area contributed by atoms with E-state index in [1.807, 2.05) is 12.1 Å². The van der Waals surface area contributed by atoms with Crippen LogP contribution in [0.1, 0.15) is 32.8 Å². The monoisotopic (exact) mass is 377 g/mol. The van der Waals surface area contributed by atoms with Crippen molar-refractivity contribution < 1.29 is 5.11 Å². The molecular weight excluding hydrogens is 357 g/mol. The summed E-state index contributed by atoms with van der Waals surface area (Å²) in [7, 11) is 0. The molecule has 0 radical (unpaired) electrons. The number of rotatable bonds is 5. The Morgan fingerprint density at radius 1 is 1.08 bits per heavy atom. The summed E-state index contributed by atoms with van der Waals surface area (Å²) in [5.41, 5.74) is 2.84. The Balaban J connectivity index is 1.94. The van der Waals surface area contributed by atoms with Crippen LogP contribution in [0.15, 0.2) is 30.3 Å². The first-order chi connectivity index (χ1) is 11.8. The van der Waals surface area contributed by atoms with E-state index in [9.17, 15) is 5.11 Å². The van der Waals surface area contributed by atoms with Crippen LogP contribution >= 0.6 is 23.2 Å². The van der Waals surface area contributed by atoms with Gasteiger partial charge in [-0.25, -0.2) is 0 Å². The van der Waals surface area contributed by atoms with Gasteiger partial charge >= 0.3 is 0 Å². The first kappa shape index (κ1) is 18.0. The van der Waals surface area contributed by atoms with Crippen LogP contribution in [0.25, 0.3) is 16.7 Å². The first-order valence-electron chi connectivity index (χ1n) is 8.39. The van der Waals surface area contributed by atoms with Crippen molar-refractivity contribution in [2.24, 2.45) is 11.8 Å². The molecule has 0 aliphatic heterocycles. The van der Waals surface area contributed by atoms with Crippen molar-refractivity contribution in [3.63, 3.8) is 0 Å². The number of phenols is 1. The summed E-state index contributed by atoms with van der Waals surface area (Å²) in [6.45, 7) is 6.74. The molecule has 25 heavy (non-hydrogen) atoms. The molecule has 2 aromatic carbocycles. The lowest BCUT2D eigenvalue weighted by molar-refractivity contribution is 0.392. The molecule has 1 atom stereocenters. The Bertz CT molecular complexity index is 905. The van der Waals surface area contributed by atoms with Gasteiger partial charge in [-0.05, 0) is 54.5 Å². The van der Waals surface area contributed by atoms with Crippen LogP contribution in [0.5, 0.6) is 5.75 Å². The molecule has 0 aliphatic carbocycles. The molecule has 0 saturated heterocycles. The van der Waals surface area contributed by atoms with E-state index in [1.54, 1.807) is 18.2 Å². The smallest absolute Gasteiger partial charge is 0.143 e. The largest absolute Gasteiger partial charge is 0.506 e. The van der Waals surface area contributed by atoms with Crippen molar-refractivity contribution in [1.29, 1.82) is 0 Å². The second-order valence-electron chi connectivity index (χ2n) is 6.83.